The van der Waals surface area contributed by atoms with Crippen LogP contribution in [0.15, 0.2) is 16.8 Å². The molecule has 1 N–H and O–H groups in total. The van der Waals surface area contributed by atoms with E-state index in [9.17, 15) is 4.79 Å². The van der Waals surface area contributed by atoms with Crippen LogP contribution in [0.5, 0.6) is 0 Å². The first kappa shape index (κ1) is 11.0. The van der Waals surface area contributed by atoms with Gasteiger partial charge in [0.15, 0.2) is 0 Å². The third-order valence-electron chi connectivity index (χ3n) is 1.61. The number of nitrogens with one attached hydrogen (secondary N) is 1. The standard InChI is InChI=1S/C10H15NO2S/c1-8(2)13-10(12)11-5-3-9-4-6-14-7-9/h4,6-8H,3,5H2,1-2H3,(H,11,12). The van der Waals surface area contributed by atoms with E-state index in [1.807, 2.05) is 19.2 Å². The lowest BCUT2D eigenvalue weighted by Gasteiger charge is -2.08. The van der Waals surface area contributed by atoms with Gasteiger partial charge in [0.1, 0.15) is 0 Å². The Morgan fingerprint density at radius 3 is 3.00 bits per heavy atom. The molecular formula is C10H15NO2S. The predicted octanol–water partition coefficient (Wildman–Crippen LogP) is 2.43. The lowest BCUT2D eigenvalue weighted by atomic mass is 10.2. The van der Waals surface area contributed by atoms with Crippen molar-refractivity contribution in [2.75, 3.05) is 6.54 Å². The summed E-state index contributed by atoms with van der Waals surface area (Å²) in [6.07, 6.45) is 0.461. The molecule has 0 spiro atoms. The summed E-state index contributed by atoms with van der Waals surface area (Å²) in [7, 11) is 0. The lowest BCUT2D eigenvalue weighted by Crippen LogP contribution is -2.28. The monoisotopic (exact) mass is 213 g/mol. The summed E-state index contributed by atoms with van der Waals surface area (Å²) in [4.78, 5) is 11.1. The van der Waals surface area contributed by atoms with Crippen molar-refractivity contribution < 1.29 is 9.53 Å². The maximum absolute atomic E-state index is 11.1. The summed E-state index contributed by atoms with van der Waals surface area (Å²) in [6.45, 7) is 4.29. The Bertz CT molecular complexity index is 270. The maximum Gasteiger partial charge on any atom is 0.407 e. The van der Waals surface area contributed by atoms with Gasteiger partial charge in [0.25, 0.3) is 0 Å². The third kappa shape index (κ3) is 4.28. The molecule has 1 heterocycles. The zero-order chi connectivity index (χ0) is 10.4. The lowest BCUT2D eigenvalue weighted by molar-refractivity contribution is 0.116. The fourth-order valence-electron chi connectivity index (χ4n) is 1.000. The van der Waals surface area contributed by atoms with E-state index in [1.54, 1.807) is 11.3 Å². The SMILES string of the molecule is CC(C)OC(=O)NCCc1ccsc1. The second-order valence-corrected chi connectivity index (χ2v) is 4.04. The number of carbonyl (C=O) groups excluding carboxylic acids is 1. The summed E-state index contributed by atoms with van der Waals surface area (Å²) >= 11 is 1.67. The highest BCUT2D eigenvalue weighted by Gasteiger charge is 2.03. The summed E-state index contributed by atoms with van der Waals surface area (Å²) in [5.41, 5.74) is 1.25. The molecule has 3 nitrogen and oxygen atoms in total. The summed E-state index contributed by atoms with van der Waals surface area (Å²) in [6, 6.07) is 2.06. The van der Waals surface area contributed by atoms with Gasteiger partial charge in [0, 0.05) is 6.54 Å². The zero-order valence-electron chi connectivity index (χ0n) is 8.45. The number of carbonyl (C=O) groups is 1. The molecule has 0 aliphatic heterocycles. The molecule has 0 atom stereocenters. The minimum absolute atomic E-state index is 0.0591. The average molecular weight is 213 g/mol. The first-order valence-electron chi connectivity index (χ1n) is 4.64. The maximum atomic E-state index is 11.1. The first-order valence-corrected chi connectivity index (χ1v) is 5.58. The third-order valence-corrected chi connectivity index (χ3v) is 2.34. The highest BCUT2D eigenvalue weighted by molar-refractivity contribution is 7.07. The number of thiophene rings is 1. The normalized spacial score (nSPS) is 10.2. The molecule has 0 unspecified atom stereocenters. The summed E-state index contributed by atoms with van der Waals surface area (Å²) < 4.78 is 4.92. The highest BCUT2D eigenvalue weighted by atomic mass is 32.1. The van der Waals surface area contributed by atoms with Crippen LogP contribution in [0.4, 0.5) is 4.79 Å². The molecule has 0 saturated heterocycles. The molecule has 0 radical (unpaired) electrons. The minimum Gasteiger partial charge on any atom is -0.447 e. The Morgan fingerprint density at radius 1 is 1.64 bits per heavy atom. The van der Waals surface area contributed by atoms with E-state index in [0.29, 0.717) is 6.54 Å². The molecule has 1 aromatic heterocycles. The Morgan fingerprint density at radius 2 is 2.43 bits per heavy atom. The van der Waals surface area contributed by atoms with Crippen LogP contribution in [-0.2, 0) is 11.2 Å². The molecule has 0 bridgehead atoms. The molecule has 4 heteroatoms. The molecule has 78 valence electrons. The Hall–Kier alpha value is -1.03. The number of amides is 1. The van der Waals surface area contributed by atoms with Crippen molar-refractivity contribution in [2.45, 2.75) is 26.4 Å². The molecule has 0 aliphatic carbocycles. The van der Waals surface area contributed by atoms with Crippen molar-refractivity contribution in [1.82, 2.24) is 5.32 Å². The van der Waals surface area contributed by atoms with Gasteiger partial charge in [0.2, 0.25) is 0 Å². The van der Waals surface area contributed by atoms with Crippen LogP contribution in [0, 0.1) is 0 Å². The van der Waals surface area contributed by atoms with Crippen LogP contribution in [0.2, 0.25) is 0 Å². The Balaban J connectivity index is 2.12. The first-order chi connectivity index (χ1) is 6.68. The average Bonchev–Trinajstić information content (AvgIpc) is 2.55. The van der Waals surface area contributed by atoms with Gasteiger partial charge >= 0.3 is 6.09 Å². The smallest absolute Gasteiger partial charge is 0.407 e. The quantitative estimate of drug-likeness (QED) is 0.834. The van der Waals surface area contributed by atoms with E-state index in [1.165, 1.54) is 5.56 Å². The van der Waals surface area contributed by atoms with E-state index in [2.05, 4.69) is 16.8 Å². The summed E-state index contributed by atoms with van der Waals surface area (Å²) in [5.74, 6) is 0. The van der Waals surface area contributed by atoms with Gasteiger partial charge in [-0.3, -0.25) is 0 Å². The molecule has 1 rings (SSSR count). The van der Waals surface area contributed by atoms with Crippen molar-refractivity contribution in [1.29, 1.82) is 0 Å². The largest absolute Gasteiger partial charge is 0.447 e. The van der Waals surface area contributed by atoms with E-state index < -0.39 is 0 Å². The fraction of sp³-hybridized carbons (Fsp3) is 0.500. The molecule has 1 amide bonds. The van der Waals surface area contributed by atoms with Crippen LogP contribution in [0.25, 0.3) is 0 Å². The highest BCUT2D eigenvalue weighted by Crippen LogP contribution is 2.05. The van der Waals surface area contributed by atoms with E-state index >= 15 is 0 Å². The minimum atomic E-state index is -0.338. The van der Waals surface area contributed by atoms with Crippen molar-refractivity contribution in [2.24, 2.45) is 0 Å². The van der Waals surface area contributed by atoms with Crippen LogP contribution < -0.4 is 5.32 Å². The van der Waals surface area contributed by atoms with Crippen molar-refractivity contribution in [3.63, 3.8) is 0 Å². The van der Waals surface area contributed by atoms with Gasteiger partial charge in [0.05, 0.1) is 6.10 Å². The van der Waals surface area contributed by atoms with E-state index in [4.69, 9.17) is 4.74 Å². The van der Waals surface area contributed by atoms with Crippen LogP contribution in [0.1, 0.15) is 19.4 Å². The number of ether oxygens (including phenoxy) is 1. The zero-order valence-corrected chi connectivity index (χ0v) is 9.26. The van der Waals surface area contributed by atoms with Gasteiger partial charge in [-0.15, -0.1) is 0 Å². The van der Waals surface area contributed by atoms with Gasteiger partial charge < -0.3 is 10.1 Å². The predicted molar refractivity (Wildman–Crippen MR) is 57.6 cm³/mol. The van der Waals surface area contributed by atoms with E-state index in [-0.39, 0.29) is 12.2 Å². The van der Waals surface area contributed by atoms with E-state index in [0.717, 1.165) is 6.42 Å². The second-order valence-electron chi connectivity index (χ2n) is 3.26. The number of alkyl carbamates (subject to hydrolysis) is 1. The molecule has 0 aromatic carbocycles. The van der Waals surface area contributed by atoms with Gasteiger partial charge in [-0.05, 0) is 42.7 Å². The Labute approximate surface area is 88.1 Å². The molecule has 0 fully saturated rings. The van der Waals surface area contributed by atoms with Crippen LogP contribution in [0.3, 0.4) is 0 Å². The summed E-state index contributed by atoms with van der Waals surface area (Å²) in [5, 5.41) is 6.80. The fourth-order valence-corrected chi connectivity index (χ4v) is 1.70. The van der Waals surface area contributed by atoms with Crippen LogP contribution >= 0.6 is 11.3 Å². The number of rotatable bonds is 4. The van der Waals surface area contributed by atoms with Gasteiger partial charge in [-0.2, -0.15) is 11.3 Å². The number of hydrogen-bond donors (Lipinski definition) is 1. The van der Waals surface area contributed by atoms with Crippen molar-refractivity contribution >= 4 is 17.4 Å². The molecule has 1 aromatic rings. The molecule has 14 heavy (non-hydrogen) atoms. The molecular weight excluding hydrogens is 198 g/mol. The van der Waals surface area contributed by atoms with Crippen molar-refractivity contribution in [3.8, 4) is 0 Å². The van der Waals surface area contributed by atoms with Gasteiger partial charge in [-0.1, -0.05) is 0 Å². The topological polar surface area (TPSA) is 38.3 Å². The van der Waals surface area contributed by atoms with Crippen molar-refractivity contribution in [3.05, 3.63) is 22.4 Å². The second kappa shape index (κ2) is 5.65. The number of hydrogen-bond acceptors (Lipinski definition) is 3. The van der Waals surface area contributed by atoms with Crippen LogP contribution in [-0.4, -0.2) is 18.7 Å². The van der Waals surface area contributed by atoms with Gasteiger partial charge in [-0.25, -0.2) is 4.79 Å². The Kier molecular flexibility index (Phi) is 4.46. The molecule has 0 aliphatic rings. The molecule has 0 saturated carbocycles.